The molecule has 0 spiro atoms. The molecule has 0 aromatic heterocycles. The minimum atomic E-state index is -0.240. The minimum absolute atomic E-state index is 0.240. The fraction of sp³-hybridized carbons (Fsp3) is 0.471. The highest BCUT2D eigenvalue weighted by molar-refractivity contribution is 5.81. The van der Waals surface area contributed by atoms with Gasteiger partial charge in [-0.05, 0) is 24.3 Å². The first-order valence-corrected chi connectivity index (χ1v) is 7.22. The normalized spacial score (nSPS) is 16.0. The number of ether oxygens (including phenoxy) is 1. The van der Waals surface area contributed by atoms with Crippen molar-refractivity contribution in [3.63, 3.8) is 0 Å². The van der Waals surface area contributed by atoms with E-state index in [9.17, 15) is 4.79 Å². The van der Waals surface area contributed by atoms with Crippen LogP contribution < -0.4 is 0 Å². The summed E-state index contributed by atoms with van der Waals surface area (Å²) >= 11 is 0. The average molecular weight is 258 g/mol. The maximum Gasteiger partial charge on any atom is 0.330 e. The van der Waals surface area contributed by atoms with Gasteiger partial charge in [-0.1, -0.05) is 62.1 Å². The standard InChI is InChI=1S/C17H22O2/c18-17(19-14-16-11-2-1-3-12-16)13-7-6-10-15-8-4-5-9-15/h1-3,7,11-13,15H,4-6,8-10,14H2. The summed E-state index contributed by atoms with van der Waals surface area (Å²) in [5.41, 5.74) is 1.02. The molecular weight excluding hydrogens is 236 g/mol. The fourth-order valence-corrected chi connectivity index (χ4v) is 2.59. The predicted molar refractivity (Wildman–Crippen MR) is 76.6 cm³/mol. The van der Waals surface area contributed by atoms with Crippen LogP contribution in [0, 0.1) is 5.92 Å². The van der Waals surface area contributed by atoms with Crippen molar-refractivity contribution in [1.82, 2.24) is 0 Å². The number of esters is 1. The molecule has 102 valence electrons. The number of benzene rings is 1. The summed E-state index contributed by atoms with van der Waals surface area (Å²) in [6, 6.07) is 9.75. The van der Waals surface area contributed by atoms with Gasteiger partial charge in [-0.2, -0.15) is 0 Å². The molecule has 1 fully saturated rings. The zero-order valence-corrected chi connectivity index (χ0v) is 11.4. The van der Waals surface area contributed by atoms with Crippen LogP contribution in [-0.2, 0) is 16.1 Å². The molecule has 0 amide bonds. The third-order valence-electron chi connectivity index (χ3n) is 3.69. The molecule has 0 atom stereocenters. The van der Waals surface area contributed by atoms with E-state index < -0.39 is 0 Å². The van der Waals surface area contributed by atoms with Crippen LogP contribution in [0.15, 0.2) is 42.5 Å². The number of hydrogen-bond acceptors (Lipinski definition) is 2. The van der Waals surface area contributed by atoms with E-state index in [4.69, 9.17) is 4.74 Å². The molecule has 19 heavy (non-hydrogen) atoms. The highest BCUT2D eigenvalue weighted by atomic mass is 16.5. The Bertz CT molecular complexity index is 403. The molecule has 0 aliphatic heterocycles. The molecule has 0 unspecified atom stereocenters. The van der Waals surface area contributed by atoms with Gasteiger partial charge in [0.15, 0.2) is 0 Å². The number of carbonyl (C=O) groups is 1. The largest absolute Gasteiger partial charge is 0.458 e. The van der Waals surface area contributed by atoms with Crippen LogP contribution in [0.1, 0.15) is 44.1 Å². The van der Waals surface area contributed by atoms with Crippen LogP contribution in [0.4, 0.5) is 0 Å². The van der Waals surface area contributed by atoms with Crippen molar-refractivity contribution >= 4 is 5.97 Å². The Morgan fingerprint density at radius 1 is 1.21 bits per heavy atom. The van der Waals surface area contributed by atoms with Gasteiger partial charge in [0, 0.05) is 6.08 Å². The van der Waals surface area contributed by atoms with Crippen molar-refractivity contribution in [2.45, 2.75) is 45.1 Å². The first kappa shape index (κ1) is 13.9. The van der Waals surface area contributed by atoms with Crippen LogP contribution in [0.25, 0.3) is 0 Å². The van der Waals surface area contributed by atoms with Gasteiger partial charge in [0.1, 0.15) is 6.61 Å². The highest BCUT2D eigenvalue weighted by Crippen LogP contribution is 2.28. The van der Waals surface area contributed by atoms with E-state index in [1.807, 2.05) is 36.4 Å². The molecule has 0 heterocycles. The molecule has 0 bridgehead atoms. The maximum absolute atomic E-state index is 11.5. The van der Waals surface area contributed by atoms with Gasteiger partial charge < -0.3 is 4.74 Å². The molecule has 2 nitrogen and oxygen atoms in total. The molecule has 1 saturated carbocycles. The van der Waals surface area contributed by atoms with E-state index in [1.54, 1.807) is 6.08 Å². The van der Waals surface area contributed by atoms with Gasteiger partial charge in [0.25, 0.3) is 0 Å². The van der Waals surface area contributed by atoms with Crippen molar-refractivity contribution < 1.29 is 9.53 Å². The summed E-state index contributed by atoms with van der Waals surface area (Å²) in [7, 11) is 0. The number of hydrogen-bond donors (Lipinski definition) is 0. The Hall–Kier alpha value is -1.57. The minimum Gasteiger partial charge on any atom is -0.458 e. The second-order valence-corrected chi connectivity index (χ2v) is 5.22. The lowest BCUT2D eigenvalue weighted by Crippen LogP contribution is -2.00. The second-order valence-electron chi connectivity index (χ2n) is 5.22. The van der Waals surface area contributed by atoms with Crippen molar-refractivity contribution in [1.29, 1.82) is 0 Å². The van der Waals surface area contributed by atoms with Gasteiger partial charge in [-0.25, -0.2) is 4.79 Å². The smallest absolute Gasteiger partial charge is 0.330 e. The van der Waals surface area contributed by atoms with Crippen LogP contribution in [0.2, 0.25) is 0 Å². The fourth-order valence-electron chi connectivity index (χ4n) is 2.59. The third kappa shape index (κ3) is 5.29. The maximum atomic E-state index is 11.5. The molecule has 1 aromatic carbocycles. The average Bonchev–Trinajstić information content (AvgIpc) is 2.96. The lowest BCUT2D eigenvalue weighted by atomic mass is 10.0. The number of rotatable bonds is 6. The van der Waals surface area contributed by atoms with Crippen LogP contribution >= 0.6 is 0 Å². The summed E-state index contributed by atoms with van der Waals surface area (Å²) in [5.74, 6) is 0.639. The molecule has 0 N–H and O–H groups in total. The van der Waals surface area contributed by atoms with Crippen molar-refractivity contribution in [2.24, 2.45) is 5.92 Å². The SMILES string of the molecule is O=C(C=CCCC1CCCC1)OCc1ccccc1. The number of allylic oxidation sites excluding steroid dienone is 1. The van der Waals surface area contributed by atoms with Crippen LogP contribution in [0.5, 0.6) is 0 Å². The lowest BCUT2D eigenvalue weighted by molar-refractivity contribution is -0.139. The van der Waals surface area contributed by atoms with E-state index >= 15 is 0 Å². The summed E-state index contributed by atoms with van der Waals surface area (Å²) in [4.78, 5) is 11.5. The van der Waals surface area contributed by atoms with Crippen molar-refractivity contribution in [2.75, 3.05) is 0 Å². The van der Waals surface area contributed by atoms with Gasteiger partial charge in [0.2, 0.25) is 0 Å². The van der Waals surface area contributed by atoms with Crippen molar-refractivity contribution in [3.8, 4) is 0 Å². The summed E-state index contributed by atoms with van der Waals surface area (Å²) in [5, 5.41) is 0. The van der Waals surface area contributed by atoms with Gasteiger partial charge in [-0.3, -0.25) is 0 Å². The van der Waals surface area contributed by atoms with Crippen LogP contribution in [0.3, 0.4) is 0 Å². The van der Waals surface area contributed by atoms with E-state index in [2.05, 4.69) is 0 Å². The van der Waals surface area contributed by atoms with E-state index in [1.165, 1.54) is 32.1 Å². The van der Waals surface area contributed by atoms with Gasteiger partial charge in [-0.15, -0.1) is 0 Å². The predicted octanol–water partition coefficient (Wildman–Crippen LogP) is 4.26. The van der Waals surface area contributed by atoms with Gasteiger partial charge >= 0.3 is 5.97 Å². The van der Waals surface area contributed by atoms with E-state index in [0.29, 0.717) is 6.61 Å². The first-order chi connectivity index (χ1) is 9.34. The third-order valence-corrected chi connectivity index (χ3v) is 3.69. The molecule has 1 aliphatic rings. The Morgan fingerprint density at radius 3 is 2.68 bits per heavy atom. The first-order valence-electron chi connectivity index (χ1n) is 7.22. The Kier molecular flexibility index (Phi) is 5.67. The monoisotopic (exact) mass is 258 g/mol. The Labute approximate surface area is 115 Å². The second kappa shape index (κ2) is 7.78. The zero-order chi connectivity index (χ0) is 13.3. The molecule has 2 heteroatoms. The Morgan fingerprint density at radius 2 is 1.95 bits per heavy atom. The molecule has 2 rings (SSSR count). The Balaban J connectivity index is 1.61. The topological polar surface area (TPSA) is 26.3 Å². The molecule has 0 radical (unpaired) electrons. The van der Waals surface area contributed by atoms with E-state index in [-0.39, 0.29) is 5.97 Å². The lowest BCUT2D eigenvalue weighted by Gasteiger charge is -2.05. The van der Waals surface area contributed by atoms with Crippen LogP contribution in [-0.4, -0.2) is 5.97 Å². The van der Waals surface area contributed by atoms with Crippen molar-refractivity contribution in [3.05, 3.63) is 48.0 Å². The zero-order valence-electron chi connectivity index (χ0n) is 11.4. The highest BCUT2D eigenvalue weighted by Gasteiger charge is 2.13. The molecule has 1 aromatic rings. The summed E-state index contributed by atoms with van der Waals surface area (Å²) < 4.78 is 5.17. The van der Waals surface area contributed by atoms with Gasteiger partial charge in [0.05, 0.1) is 0 Å². The van der Waals surface area contributed by atoms with E-state index in [0.717, 1.165) is 17.9 Å². The summed E-state index contributed by atoms with van der Waals surface area (Å²) in [6.45, 7) is 0.354. The number of carbonyl (C=O) groups excluding carboxylic acids is 1. The quantitative estimate of drug-likeness (QED) is 0.563. The molecular formula is C17H22O2. The molecule has 0 saturated heterocycles. The molecule has 1 aliphatic carbocycles. The summed E-state index contributed by atoms with van der Waals surface area (Å²) in [6.07, 6.45) is 11.2.